The highest BCUT2D eigenvalue weighted by atomic mass is 35.5. The van der Waals surface area contributed by atoms with E-state index in [0.29, 0.717) is 32.7 Å². The fourth-order valence-electron chi connectivity index (χ4n) is 2.85. The number of nitrogens with two attached hydrogens (primary N) is 1. The number of rotatable bonds is 6. The van der Waals surface area contributed by atoms with Crippen molar-refractivity contribution >= 4 is 40.2 Å². The van der Waals surface area contributed by atoms with Crippen molar-refractivity contribution in [1.29, 1.82) is 0 Å². The van der Waals surface area contributed by atoms with E-state index in [9.17, 15) is 9.59 Å². The van der Waals surface area contributed by atoms with Crippen LogP contribution in [-0.2, 0) is 4.79 Å². The van der Waals surface area contributed by atoms with E-state index in [4.69, 9.17) is 17.3 Å². The molecule has 146 valence electrons. The second kappa shape index (κ2) is 8.37. The van der Waals surface area contributed by atoms with Gasteiger partial charge in [-0.1, -0.05) is 49.3 Å². The molecule has 0 aliphatic heterocycles. The number of benzene rings is 2. The first-order valence-corrected chi connectivity index (χ1v) is 10.4. The third-order valence-corrected chi connectivity index (χ3v) is 6.12. The molecule has 2 N–H and O–H groups in total. The van der Waals surface area contributed by atoms with E-state index in [1.807, 2.05) is 24.3 Å². The monoisotopic (exact) mass is 415 g/mol. The second-order valence-corrected chi connectivity index (χ2v) is 8.50. The van der Waals surface area contributed by atoms with Crippen LogP contribution in [0.4, 0.5) is 0 Å². The molecule has 0 spiro atoms. The Bertz CT molecular complexity index is 1080. The van der Waals surface area contributed by atoms with E-state index < -0.39 is 11.2 Å². The number of nitrogens with zero attached hydrogens (tertiary/aromatic N) is 2. The molecule has 3 aromatic rings. The zero-order valence-electron chi connectivity index (χ0n) is 16.0. The number of aromatic nitrogens is 2. The normalized spacial score (nSPS) is 13.4. The Labute approximate surface area is 172 Å². The first-order valence-electron chi connectivity index (χ1n) is 9.10. The van der Waals surface area contributed by atoms with Gasteiger partial charge in [-0.3, -0.25) is 14.2 Å². The standard InChI is InChI=1S/C21H22ClN3O2S/c1-4-12(2)14-5-8-16(9-6-14)25-20(27)17-11-15(22)7-10-18(17)24-21(25)28-13(3)19(23)26/h5-13H,4H2,1-3H3,(H2,23,26). The van der Waals surface area contributed by atoms with Crippen LogP contribution in [0.15, 0.2) is 52.4 Å². The van der Waals surface area contributed by atoms with Crippen molar-refractivity contribution in [3.63, 3.8) is 0 Å². The van der Waals surface area contributed by atoms with Gasteiger partial charge >= 0.3 is 0 Å². The Morgan fingerprint density at radius 2 is 1.89 bits per heavy atom. The van der Waals surface area contributed by atoms with Crippen molar-refractivity contribution in [1.82, 2.24) is 9.55 Å². The van der Waals surface area contributed by atoms with Gasteiger partial charge in [-0.15, -0.1) is 0 Å². The molecular formula is C21H22ClN3O2S. The molecule has 0 bridgehead atoms. The molecule has 7 heteroatoms. The molecule has 0 aliphatic rings. The SMILES string of the molecule is CCC(C)c1ccc(-n2c(SC(C)C(N)=O)nc3ccc(Cl)cc3c2=O)cc1. The number of carbonyl (C=O) groups excluding carboxylic acids is 1. The first kappa shape index (κ1) is 20.4. The maximum Gasteiger partial charge on any atom is 0.266 e. The summed E-state index contributed by atoms with van der Waals surface area (Å²) in [4.78, 5) is 29.4. The smallest absolute Gasteiger partial charge is 0.266 e. The van der Waals surface area contributed by atoms with Crippen molar-refractivity contribution in [2.45, 2.75) is 43.5 Å². The second-order valence-electron chi connectivity index (χ2n) is 6.76. The van der Waals surface area contributed by atoms with Gasteiger partial charge < -0.3 is 5.73 Å². The minimum atomic E-state index is -0.526. The van der Waals surface area contributed by atoms with Crippen molar-refractivity contribution in [2.24, 2.45) is 5.73 Å². The maximum absolute atomic E-state index is 13.3. The van der Waals surface area contributed by atoms with Crippen LogP contribution in [0.25, 0.3) is 16.6 Å². The first-order chi connectivity index (χ1) is 13.3. The van der Waals surface area contributed by atoms with Crippen molar-refractivity contribution in [3.05, 3.63) is 63.4 Å². The Hall–Kier alpha value is -2.31. The van der Waals surface area contributed by atoms with Crippen LogP contribution in [0.3, 0.4) is 0 Å². The lowest BCUT2D eigenvalue weighted by molar-refractivity contribution is -0.117. The molecule has 5 nitrogen and oxygen atoms in total. The van der Waals surface area contributed by atoms with Gasteiger partial charge in [0.25, 0.3) is 5.56 Å². The number of fused-ring (bicyclic) bond motifs is 1. The summed E-state index contributed by atoms with van der Waals surface area (Å²) in [5.74, 6) is -0.0304. The van der Waals surface area contributed by atoms with E-state index in [1.54, 1.807) is 25.1 Å². The number of hydrogen-bond donors (Lipinski definition) is 1. The Morgan fingerprint density at radius 3 is 2.50 bits per heavy atom. The van der Waals surface area contributed by atoms with Gasteiger partial charge in [-0.25, -0.2) is 4.98 Å². The highest BCUT2D eigenvalue weighted by molar-refractivity contribution is 8.00. The van der Waals surface area contributed by atoms with Gasteiger partial charge in [0.05, 0.1) is 21.8 Å². The van der Waals surface area contributed by atoms with Crippen LogP contribution >= 0.6 is 23.4 Å². The van der Waals surface area contributed by atoms with Crippen LogP contribution in [0.2, 0.25) is 5.02 Å². The van der Waals surface area contributed by atoms with Crippen molar-refractivity contribution in [2.75, 3.05) is 0 Å². The third-order valence-electron chi connectivity index (χ3n) is 4.82. The quantitative estimate of drug-likeness (QED) is 0.474. The lowest BCUT2D eigenvalue weighted by Gasteiger charge is -2.16. The predicted molar refractivity (Wildman–Crippen MR) is 116 cm³/mol. The number of carbonyl (C=O) groups is 1. The zero-order valence-corrected chi connectivity index (χ0v) is 17.6. The van der Waals surface area contributed by atoms with Gasteiger partial charge in [0.15, 0.2) is 5.16 Å². The van der Waals surface area contributed by atoms with Crippen molar-refractivity contribution < 1.29 is 4.79 Å². The molecule has 3 rings (SSSR count). The summed E-state index contributed by atoms with van der Waals surface area (Å²) in [5.41, 5.74) is 7.60. The summed E-state index contributed by atoms with van der Waals surface area (Å²) >= 11 is 7.25. The predicted octanol–water partition coefficient (Wildman–Crippen LogP) is 4.52. The van der Waals surface area contributed by atoms with E-state index in [0.717, 1.165) is 6.42 Å². The van der Waals surface area contributed by atoms with E-state index >= 15 is 0 Å². The summed E-state index contributed by atoms with van der Waals surface area (Å²) < 4.78 is 1.52. The van der Waals surface area contributed by atoms with Crippen LogP contribution in [0, 0.1) is 0 Å². The summed E-state index contributed by atoms with van der Waals surface area (Å²) in [6.45, 7) is 6.00. The Balaban J connectivity index is 2.21. The van der Waals surface area contributed by atoms with Crippen molar-refractivity contribution in [3.8, 4) is 5.69 Å². The lowest BCUT2D eigenvalue weighted by Crippen LogP contribution is -2.26. The molecule has 2 unspecified atom stereocenters. The summed E-state index contributed by atoms with van der Waals surface area (Å²) in [6, 6.07) is 12.8. The fourth-order valence-corrected chi connectivity index (χ4v) is 3.90. The van der Waals surface area contributed by atoms with Crippen LogP contribution in [0.5, 0.6) is 0 Å². The van der Waals surface area contributed by atoms with E-state index in [1.165, 1.54) is 21.9 Å². The Morgan fingerprint density at radius 1 is 1.21 bits per heavy atom. The van der Waals surface area contributed by atoms with E-state index in [-0.39, 0.29) is 5.56 Å². The topological polar surface area (TPSA) is 78.0 Å². The number of hydrogen-bond acceptors (Lipinski definition) is 4. The van der Waals surface area contributed by atoms with Gasteiger partial charge in [-0.05, 0) is 55.2 Å². The van der Waals surface area contributed by atoms with Crippen LogP contribution in [-0.4, -0.2) is 20.7 Å². The van der Waals surface area contributed by atoms with E-state index in [2.05, 4.69) is 18.8 Å². The highest BCUT2D eigenvalue weighted by Gasteiger charge is 2.19. The molecule has 0 radical (unpaired) electrons. The average molecular weight is 416 g/mol. The molecule has 0 fully saturated rings. The highest BCUT2D eigenvalue weighted by Crippen LogP contribution is 2.27. The summed E-state index contributed by atoms with van der Waals surface area (Å²) in [7, 11) is 0. The molecule has 0 saturated heterocycles. The molecule has 1 aromatic heterocycles. The molecule has 0 aliphatic carbocycles. The minimum absolute atomic E-state index is 0.233. The van der Waals surface area contributed by atoms with Gasteiger partial charge in [0.2, 0.25) is 5.91 Å². The molecule has 2 atom stereocenters. The molecular weight excluding hydrogens is 394 g/mol. The average Bonchev–Trinajstić information content (AvgIpc) is 2.68. The third kappa shape index (κ3) is 4.08. The van der Waals surface area contributed by atoms with Gasteiger partial charge in [-0.2, -0.15) is 0 Å². The van der Waals surface area contributed by atoms with Crippen LogP contribution in [0.1, 0.15) is 38.7 Å². The molecule has 2 aromatic carbocycles. The number of thioether (sulfide) groups is 1. The molecule has 1 heterocycles. The summed E-state index contributed by atoms with van der Waals surface area (Å²) in [5, 5.41) is 0.787. The molecule has 1 amide bonds. The molecule has 28 heavy (non-hydrogen) atoms. The molecule has 0 saturated carbocycles. The lowest BCUT2D eigenvalue weighted by atomic mass is 9.98. The zero-order chi connectivity index (χ0) is 20.4. The maximum atomic E-state index is 13.3. The number of halogens is 1. The minimum Gasteiger partial charge on any atom is -0.369 e. The summed E-state index contributed by atoms with van der Waals surface area (Å²) in [6.07, 6.45) is 1.03. The van der Waals surface area contributed by atoms with Crippen LogP contribution < -0.4 is 11.3 Å². The largest absolute Gasteiger partial charge is 0.369 e. The number of primary amides is 1. The Kier molecular flexibility index (Phi) is 6.10. The van der Waals surface area contributed by atoms with Gasteiger partial charge in [0.1, 0.15) is 0 Å². The van der Waals surface area contributed by atoms with Gasteiger partial charge in [0, 0.05) is 5.02 Å². The number of amides is 1. The fraction of sp³-hybridized carbons (Fsp3) is 0.286.